The molecule has 198 valence electrons. The zero-order valence-corrected chi connectivity index (χ0v) is 20.6. The third-order valence-corrected chi connectivity index (χ3v) is 5.59. The lowest BCUT2D eigenvalue weighted by atomic mass is 10.0. The standard InChI is InChI=1S/C27H21F3O8/c1-33-17-9-15(10-18(12-17)34-2)26(32)37-16-6-7-19-21(13-16)38-25(27(28,29)30)23(24(19)31)14-5-8-20(35-3)22(11-14)36-4/h5-13H,1-4H3. The Morgan fingerprint density at radius 1 is 0.763 bits per heavy atom. The molecule has 1 heterocycles. The summed E-state index contributed by atoms with van der Waals surface area (Å²) in [4.78, 5) is 26.0. The quantitative estimate of drug-likeness (QED) is 0.221. The first-order valence-corrected chi connectivity index (χ1v) is 10.9. The first kappa shape index (κ1) is 26.4. The predicted octanol–water partition coefficient (Wildman–Crippen LogP) is 5.73. The lowest BCUT2D eigenvalue weighted by molar-refractivity contribution is -0.152. The van der Waals surface area contributed by atoms with Gasteiger partial charge in [0, 0.05) is 12.1 Å². The third kappa shape index (κ3) is 5.08. The van der Waals surface area contributed by atoms with Gasteiger partial charge in [0.1, 0.15) is 22.8 Å². The van der Waals surface area contributed by atoms with Crippen molar-refractivity contribution >= 4 is 16.9 Å². The van der Waals surface area contributed by atoms with Crippen LogP contribution in [-0.4, -0.2) is 34.4 Å². The molecule has 0 fully saturated rings. The van der Waals surface area contributed by atoms with Gasteiger partial charge in [-0.2, -0.15) is 13.2 Å². The minimum absolute atomic E-state index is 0.0718. The van der Waals surface area contributed by atoms with E-state index in [4.69, 9.17) is 28.1 Å². The summed E-state index contributed by atoms with van der Waals surface area (Å²) in [5.74, 6) is -1.41. The molecule has 3 aromatic carbocycles. The Morgan fingerprint density at radius 3 is 2.00 bits per heavy atom. The van der Waals surface area contributed by atoms with Crippen molar-refractivity contribution in [2.24, 2.45) is 0 Å². The molecule has 0 radical (unpaired) electrons. The van der Waals surface area contributed by atoms with Crippen molar-refractivity contribution in [1.29, 1.82) is 0 Å². The molecular formula is C27H21F3O8. The van der Waals surface area contributed by atoms with Crippen LogP contribution in [0.1, 0.15) is 16.1 Å². The number of hydrogen-bond acceptors (Lipinski definition) is 8. The summed E-state index contributed by atoms with van der Waals surface area (Å²) in [6, 6.07) is 11.8. The Bertz CT molecular complexity index is 1550. The van der Waals surface area contributed by atoms with Crippen LogP contribution >= 0.6 is 0 Å². The average molecular weight is 530 g/mol. The molecule has 0 aliphatic heterocycles. The van der Waals surface area contributed by atoms with Crippen LogP contribution in [-0.2, 0) is 6.18 Å². The van der Waals surface area contributed by atoms with Crippen LogP contribution in [0, 0.1) is 0 Å². The molecule has 11 heteroatoms. The zero-order valence-electron chi connectivity index (χ0n) is 20.6. The summed E-state index contributed by atoms with van der Waals surface area (Å²) >= 11 is 0. The Hall–Kier alpha value is -4.67. The maximum absolute atomic E-state index is 14.0. The summed E-state index contributed by atoms with van der Waals surface area (Å²) in [7, 11) is 5.51. The molecule has 8 nitrogen and oxygen atoms in total. The number of ether oxygens (including phenoxy) is 5. The molecule has 38 heavy (non-hydrogen) atoms. The number of alkyl halides is 3. The van der Waals surface area contributed by atoms with Gasteiger partial charge >= 0.3 is 12.1 Å². The molecule has 0 bridgehead atoms. The lowest BCUT2D eigenvalue weighted by Gasteiger charge is -2.15. The maximum atomic E-state index is 14.0. The number of benzene rings is 3. The van der Waals surface area contributed by atoms with Gasteiger partial charge in [0.15, 0.2) is 11.5 Å². The topological polar surface area (TPSA) is 93.4 Å². The van der Waals surface area contributed by atoms with Crippen molar-refractivity contribution in [2.75, 3.05) is 28.4 Å². The fourth-order valence-electron chi connectivity index (χ4n) is 3.78. The monoisotopic (exact) mass is 530 g/mol. The summed E-state index contributed by atoms with van der Waals surface area (Å²) in [6.07, 6.45) is -5.01. The van der Waals surface area contributed by atoms with E-state index in [2.05, 4.69) is 0 Å². The van der Waals surface area contributed by atoms with Crippen molar-refractivity contribution in [3.8, 4) is 39.9 Å². The number of hydrogen-bond donors (Lipinski definition) is 0. The summed E-state index contributed by atoms with van der Waals surface area (Å²) in [5, 5.41) is -0.148. The van der Waals surface area contributed by atoms with Crippen LogP contribution in [0.3, 0.4) is 0 Å². The first-order chi connectivity index (χ1) is 18.1. The number of carbonyl (C=O) groups is 1. The Labute approximate surface area is 214 Å². The highest BCUT2D eigenvalue weighted by atomic mass is 19.4. The van der Waals surface area contributed by atoms with Crippen LogP contribution in [0.15, 0.2) is 63.8 Å². The van der Waals surface area contributed by atoms with Gasteiger partial charge in [-0.05, 0) is 42.0 Å². The number of halogens is 3. The normalized spacial score (nSPS) is 11.2. The lowest BCUT2D eigenvalue weighted by Crippen LogP contribution is -2.16. The fourth-order valence-corrected chi connectivity index (χ4v) is 3.78. The van der Waals surface area contributed by atoms with E-state index < -0.39 is 34.5 Å². The van der Waals surface area contributed by atoms with Gasteiger partial charge in [0.25, 0.3) is 0 Å². The van der Waals surface area contributed by atoms with Crippen LogP contribution in [0.4, 0.5) is 13.2 Å². The van der Waals surface area contributed by atoms with Crippen molar-refractivity contribution in [3.05, 3.63) is 76.1 Å². The predicted molar refractivity (Wildman–Crippen MR) is 131 cm³/mol. The molecule has 0 aliphatic carbocycles. The molecule has 0 unspecified atom stereocenters. The van der Waals surface area contributed by atoms with E-state index >= 15 is 0 Å². The van der Waals surface area contributed by atoms with Crippen LogP contribution < -0.4 is 29.1 Å². The summed E-state index contributed by atoms with van der Waals surface area (Å²) < 4.78 is 73.2. The van der Waals surface area contributed by atoms with Crippen molar-refractivity contribution in [1.82, 2.24) is 0 Å². The highest BCUT2D eigenvalue weighted by Crippen LogP contribution is 2.40. The van der Waals surface area contributed by atoms with E-state index in [1.165, 1.54) is 70.9 Å². The molecule has 0 aliphatic rings. The van der Waals surface area contributed by atoms with E-state index in [0.29, 0.717) is 11.5 Å². The number of rotatable bonds is 7. The molecule has 4 aromatic rings. The van der Waals surface area contributed by atoms with E-state index in [1.54, 1.807) is 6.07 Å². The molecule has 0 amide bonds. The molecule has 0 saturated carbocycles. The molecular weight excluding hydrogens is 509 g/mol. The smallest absolute Gasteiger partial charge is 0.450 e. The second-order valence-electron chi connectivity index (χ2n) is 7.85. The fraction of sp³-hybridized carbons (Fsp3) is 0.185. The maximum Gasteiger partial charge on any atom is 0.450 e. The summed E-state index contributed by atoms with van der Waals surface area (Å²) in [5.41, 5.74) is -2.05. The van der Waals surface area contributed by atoms with E-state index in [1.807, 2.05) is 0 Å². The van der Waals surface area contributed by atoms with E-state index in [0.717, 1.165) is 6.07 Å². The minimum atomic E-state index is -5.01. The number of esters is 1. The number of carbonyl (C=O) groups excluding carboxylic acids is 1. The Balaban J connectivity index is 1.80. The number of fused-ring (bicyclic) bond motifs is 1. The zero-order chi connectivity index (χ0) is 27.6. The molecule has 0 saturated heterocycles. The van der Waals surface area contributed by atoms with Gasteiger partial charge < -0.3 is 28.1 Å². The Kier molecular flexibility index (Phi) is 7.20. The highest BCUT2D eigenvalue weighted by molar-refractivity contribution is 5.93. The molecule has 4 rings (SSSR count). The van der Waals surface area contributed by atoms with Crippen molar-refractivity contribution in [2.45, 2.75) is 6.18 Å². The second kappa shape index (κ2) is 10.4. The van der Waals surface area contributed by atoms with Gasteiger partial charge in [-0.3, -0.25) is 4.79 Å². The van der Waals surface area contributed by atoms with E-state index in [-0.39, 0.29) is 33.8 Å². The second-order valence-corrected chi connectivity index (χ2v) is 7.85. The first-order valence-electron chi connectivity index (χ1n) is 10.9. The molecule has 0 spiro atoms. The third-order valence-electron chi connectivity index (χ3n) is 5.59. The van der Waals surface area contributed by atoms with Gasteiger partial charge in [0.05, 0.1) is 45.0 Å². The molecule has 0 atom stereocenters. The van der Waals surface area contributed by atoms with Gasteiger partial charge in [0.2, 0.25) is 11.2 Å². The SMILES string of the molecule is COc1cc(OC)cc(C(=O)Oc2ccc3c(=O)c(-c4ccc(OC)c(OC)c4)c(C(F)(F)F)oc3c2)c1. The minimum Gasteiger partial charge on any atom is -0.497 e. The molecule has 1 aromatic heterocycles. The van der Waals surface area contributed by atoms with Gasteiger partial charge in [-0.1, -0.05) is 6.07 Å². The van der Waals surface area contributed by atoms with Crippen molar-refractivity contribution in [3.63, 3.8) is 0 Å². The van der Waals surface area contributed by atoms with Gasteiger partial charge in [-0.25, -0.2) is 4.79 Å². The van der Waals surface area contributed by atoms with Crippen LogP contribution in [0.2, 0.25) is 0 Å². The Morgan fingerprint density at radius 2 is 1.42 bits per heavy atom. The van der Waals surface area contributed by atoms with E-state index in [9.17, 15) is 22.8 Å². The van der Waals surface area contributed by atoms with Crippen LogP contribution in [0.5, 0.6) is 28.7 Å². The van der Waals surface area contributed by atoms with Gasteiger partial charge in [-0.15, -0.1) is 0 Å². The highest BCUT2D eigenvalue weighted by Gasteiger charge is 2.39. The van der Waals surface area contributed by atoms with Crippen LogP contribution in [0.25, 0.3) is 22.1 Å². The average Bonchev–Trinajstić information content (AvgIpc) is 2.91. The summed E-state index contributed by atoms with van der Waals surface area (Å²) in [6.45, 7) is 0. The largest absolute Gasteiger partial charge is 0.497 e. The van der Waals surface area contributed by atoms with Crippen molar-refractivity contribution < 1.29 is 46.1 Å². The number of methoxy groups -OCH3 is 4. The molecule has 0 N–H and O–H groups in total.